The van der Waals surface area contributed by atoms with Gasteiger partial charge in [0, 0.05) is 37.7 Å². The van der Waals surface area contributed by atoms with Gasteiger partial charge < -0.3 is 10.1 Å². The molecular formula is C26H28N2O2. The molecule has 4 rings (SSSR count). The van der Waals surface area contributed by atoms with Gasteiger partial charge in [0.25, 0.3) is 5.91 Å². The number of hydrogen-bond acceptors (Lipinski definition) is 3. The lowest BCUT2D eigenvalue weighted by molar-refractivity contribution is 0.0937. The number of nitrogens with one attached hydrogen (secondary N) is 1. The van der Waals surface area contributed by atoms with Crippen molar-refractivity contribution in [1.29, 1.82) is 0 Å². The molecule has 1 unspecified atom stereocenters. The summed E-state index contributed by atoms with van der Waals surface area (Å²) in [6, 6.07) is 26.6. The topological polar surface area (TPSA) is 41.6 Å². The lowest BCUT2D eigenvalue weighted by Crippen LogP contribution is -2.37. The summed E-state index contributed by atoms with van der Waals surface area (Å²) in [5.41, 5.74) is 4.24. The largest absolute Gasteiger partial charge is 0.496 e. The van der Waals surface area contributed by atoms with Crippen molar-refractivity contribution in [3.05, 3.63) is 101 Å². The molecule has 1 aliphatic heterocycles. The minimum absolute atomic E-state index is 0.00318. The van der Waals surface area contributed by atoms with Gasteiger partial charge in [0.2, 0.25) is 0 Å². The van der Waals surface area contributed by atoms with Crippen molar-refractivity contribution >= 4 is 5.91 Å². The van der Waals surface area contributed by atoms with Crippen LogP contribution in [-0.2, 0) is 13.0 Å². The fourth-order valence-corrected chi connectivity index (χ4v) is 4.10. The van der Waals surface area contributed by atoms with E-state index in [-0.39, 0.29) is 11.9 Å². The van der Waals surface area contributed by atoms with Gasteiger partial charge in [-0.25, -0.2) is 0 Å². The smallest absolute Gasteiger partial charge is 0.251 e. The predicted octanol–water partition coefficient (Wildman–Crippen LogP) is 4.29. The van der Waals surface area contributed by atoms with E-state index in [1.165, 1.54) is 5.56 Å². The first-order chi connectivity index (χ1) is 14.7. The first kappa shape index (κ1) is 20.2. The Balaban J connectivity index is 1.35. The second kappa shape index (κ2) is 9.59. The molecule has 1 amide bonds. The van der Waals surface area contributed by atoms with Crippen LogP contribution in [0.1, 0.15) is 33.5 Å². The van der Waals surface area contributed by atoms with Crippen molar-refractivity contribution in [2.75, 3.05) is 20.2 Å². The molecule has 0 spiro atoms. The second-order valence-corrected chi connectivity index (χ2v) is 7.87. The number of amides is 1. The third-order valence-electron chi connectivity index (χ3n) is 5.63. The van der Waals surface area contributed by atoms with Crippen molar-refractivity contribution in [3.8, 4) is 5.75 Å². The normalized spacial score (nSPS) is 16.4. The van der Waals surface area contributed by atoms with Gasteiger partial charge >= 0.3 is 0 Å². The van der Waals surface area contributed by atoms with E-state index in [0.29, 0.717) is 5.56 Å². The number of methoxy groups -OCH3 is 1. The van der Waals surface area contributed by atoms with Crippen molar-refractivity contribution < 1.29 is 9.53 Å². The van der Waals surface area contributed by atoms with E-state index in [1.54, 1.807) is 7.11 Å². The minimum Gasteiger partial charge on any atom is -0.496 e. The van der Waals surface area contributed by atoms with E-state index < -0.39 is 0 Å². The van der Waals surface area contributed by atoms with E-state index in [9.17, 15) is 4.79 Å². The van der Waals surface area contributed by atoms with E-state index in [2.05, 4.69) is 46.6 Å². The van der Waals surface area contributed by atoms with Gasteiger partial charge in [0.05, 0.1) is 7.11 Å². The monoisotopic (exact) mass is 400 g/mol. The third kappa shape index (κ3) is 5.08. The molecule has 0 radical (unpaired) electrons. The molecular weight excluding hydrogens is 372 g/mol. The summed E-state index contributed by atoms with van der Waals surface area (Å²) in [5, 5.41) is 3.22. The molecule has 1 aliphatic rings. The maximum absolute atomic E-state index is 12.8. The number of ether oxygens (including phenoxy) is 1. The molecule has 0 aromatic heterocycles. The van der Waals surface area contributed by atoms with Crippen LogP contribution in [0.25, 0.3) is 0 Å². The number of rotatable bonds is 7. The summed E-state index contributed by atoms with van der Waals surface area (Å²) >= 11 is 0. The number of carbonyl (C=O) groups is 1. The number of likely N-dealkylation sites (tertiary alicyclic amines) is 1. The molecule has 3 aromatic rings. The standard InChI is InChI=1S/C26H28N2O2/c1-30-25-13-6-5-11-22(25)16-21-10-7-12-23(17-21)26(29)27-24-14-15-28(19-24)18-20-8-3-2-4-9-20/h2-13,17,24H,14-16,18-19H2,1H3,(H,27,29). The molecule has 30 heavy (non-hydrogen) atoms. The first-order valence-corrected chi connectivity index (χ1v) is 10.5. The molecule has 4 nitrogen and oxygen atoms in total. The van der Waals surface area contributed by atoms with Gasteiger partial charge in [-0.05, 0) is 41.3 Å². The molecule has 1 saturated heterocycles. The molecule has 1 fully saturated rings. The summed E-state index contributed by atoms with van der Waals surface area (Å²) in [6.45, 7) is 2.83. The summed E-state index contributed by atoms with van der Waals surface area (Å²) in [4.78, 5) is 15.2. The van der Waals surface area contributed by atoms with Gasteiger partial charge in [-0.1, -0.05) is 60.7 Å². The highest BCUT2D eigenvalue weighted by molar-refractivity contribution is 5.94. The van der Waals surface area contributed by atoms with Crippen LogP contribution in [-0.4, -0.2) is 37.0 Å². The lowest BCUT2D eigenvalue weighted by Gasteiger charge is -2.17. The molecule has 1 atom stereocenters. The number of carbonyl (C=O) groups excluding carboxylic acids is 1. The second-order valence-electron chi connectivity index (χ2n) is 7.87. The van der Waals surface area contributed by atoms with Crippen LogP contribution < -0.4 is 10.1 Å². The van der Waals surface area contributed by atoms with E-state index >= 15 is 0 Å². The fourth-order valence-electron chi connectivity index (χ4n) is 4.10. The van der Waals surface area contributed by atoms with Crippen LogP contribution in [0.15, 0.2) is 78.9 Å². The van der Waals surface area contributed by atoms with Crippen LogP contribution >= 0.6 is 0 Å². The maximum atomic E-state index is 12.8. The fraction of sp³-hybridized carbons (Fsp3) is 0.269. The van der Waals surface area contributed by atoms with Gasteiger partial charge in [0.1, 0.15) is 5.75 Å². The quantitative estimate of drug-likeness (QED) is 0.643. The molecule has 3 aromatic carbocycles. The van der Waals surface area contributed by atoms with Crippen LogP contribution in [0.5, 0.6) is 5.75 Å². The van der Waals surface area contributed by atoms with Gasteiger partial charge in [0.15, 0.2) is 0 Å². The summed E-state index contributed by atoms with van der Waals surface area (Å²) in [7, 11) is 1.69. The predicted molar refractivity (Wildman–Crippen MR) is 120 cm³/mol. The Morgan fingerprint density at radius 2 is 1.77 bits per heavy atom. The Hall–Kier alpha value is -3.11. The average Bonchev–Trinajstić information content (AvgIpc) is 3.21. The van der Waals surface area contributed by atoms with Crippen LogP contribution in [0, 0.1) is 0 Å². The molecule has 0 saturated carbocycles. The highest BCUT2D eigenvalue weighted by Crippen LogP contribution is 2.21. The zero-order valence-electron chi connectivity index (χ0n) is 17.4. The van der Waals surface area contributed by atoms with Crippen molar-refractivity contribution in [3.63, 3.8) is 0 Å². The van der Waals surface area contributed by atoms with E-state index in [0.717, 1.165) is 49.4 Å². The maximum Gasteiger partial charge on any atom is 0.251 e. The van der Waals surface area contributed by atoms with Gasteiger partial charge in [-0.15, -0.1) is 0 Å². The molecule has 154 valence electrons. The Morgan fingerprint density at radius 1 is 1.00 bits per heavy atom. The Kier molecular flexibility index (Phi) is 6.45. The minimum atomic E-state index is 0.00318. The van der Waals surface area contributed by atoms with Crippen molar-refractivity contribution in [2.24, 2.45) is 0 Å². The molecule has 0 bridgehead atoms. The SMILES string of the molecule is COc1ccccc1Cc1cccc(C(=O)NC2CCN(Cc3ccccc3)C2)c1. The highest BCUT2D eigenvalue weighted by atomic mass is 16.5. The average molecular weight is 401 g/mol. The number of hydrogen-bond donors (Lipinski definition) is 1. The lowest BCUT2D eigenvalue weighted by atomic mass is 10.0. The Bertz CT molecular complexity index is 987. The van der Waals surface area contributed by atoms with E-state index in [4.69, 9.17) is 4.74 Å². The molecule has 4 heteroatoms. The van der Waals surface area contributed by atoms with Crippen LogP contribution in [0.4, 0.5) is 0 Å². The van der Waals surface area contributed by atoms with Crippen LogP contribution in [0.2, 0.25) is 0 Å². The summed E-state index contributed by atoms with van der Waals surface area (Å²) < 4.78 is 5.45. The molecule has 1 heterocycles. The third-order valence-corrected chi connectivity index (χ3v) is 5.63. The molecule has 0 aliphatic carbocycles. The Labute approximate surface area is 178 Å². The van der Waals surface area contributed by atoms with Crippen LogP contribution in [0.3, 0.4) is 0 Å². The van der Waals surface area contributed by atoms with E-state index in [1.807, 2.05) is 42.5 Å². The molecule has 1 N–H and O–H groups in total. The summed E-state index contributed by atoms with van der Waals surface area (Å²) in [5.74, 6) is 0.875. The zero-order valence-corrected chi connectivity index (χ0v) is 17.4. The highest BCUT2D eigenvalue weighted by Gasteiger charge is 2.24. The zero-order chi connectivity index (χ0) is 20.8. The van der Waals surface area contributed by atoms with Gasteiger partial charge in [-0.3, -0.25) is 9.69 Å². The van der Waals surface area contributed by atoms with Crippen molar-refractivity contribution in [1.82, 2.24) is 10.2 Å². The Morgan fingerprint density at radius 3 is 2.60 bits per heavy atom. The van der Waals surface area contributed by atoms with Gasteiger partial charge in [-0.2, -0.15) is 0 Å². The number of nitrogens with zero attached hydrogens (tertiary/aromatic N) is 1. The number of benzene rings is 3. The first-order valence-electron chi connectivity index (χ1n) is 10.5. The van der Waals surface area contributed by atoms with Crippen molar-refractivity contribution in [2.45, 2.75) is 25.4 Å². The number of para-hydroxylation sites is 1. The summed E-state index contributed by atoms with van der Waals surface area (Å²) in [6.07, 6.45) is 1.72.